The summed E-state index contributed by atoms with van der Waals surface area (Å²) in [4.78, 5) is 13.6. The fourth-order valence-electron chi connectivity index (χ4n) is 4.97. The average molecular weight is 611 g/mol. The van der Waals surface area contributed by atoms with Crippen molar-refractivity contribution in [2.45, 2.75) is 68.3 Å². The highest BCUT2D eigenvalue weighted by atomic mass is 16.7. The fourth-order valence-corrected chi connectivity index (χ4v) is 4.97. The van der Waals surface area contributed by atoms with E-state index >= 15 is 0 Å². The second kappa shape index (κ2) is 11.8. The third-order valence-corrected chi connectivity index (χ3v) is 7.31. The monoisotopic (exact) mass is 610 g/mol. The molecular formula is C27H30O16. The molecule has 10 atom stereocenters. The number of phenolic OH excluding ortho intramolecular Hbond substituents is 4. The predicted molar refractivity (Wildman–Crippen MR) is 140 cm³/mol. The van der Waals surface area contributed by atoms with E-state index in [0.29, 0.717) is 0 Å². The van der Waals surface area contributed by atoms with E-state index in [4.69, 9.17) is 23.4 Å². The van der Waals surface area contributed by atoms with Gasteiger partial charge in [0.05, 0.1) is 12.7 Å². The molecule has 2 aromatic carbocycles. The molecule has 0 amide bonds. The van der Waals surface area contributed by atoms with Gasteiger partial charge in [0.25, 0.3) is 0 Å². The molecule has 5 rings (SSSR count). The van der Waals surface area contributed by atoms with Gasteiger partial charge in [-0.15, -0.1) is 0 Å². The largest absolute Gasteiger partial charge is 0.508 e. The zero-order valence-corrected chi connectivity index (χ0v) is 22.3. The number of benzene rings is 2. The maximum Gasteiger partial charge on any atom is 0.239 e. The lowest BCUT2D eigenvalue weighted by Crippen LogP contribution is -2.64. The van der Waals surface area contributed by atoms with Crippen molar-refractivity contribution in [2.24, 2.45) is 0 Å². The molecular weight excluding hydrogens is 580 g/mol. The third-order valence-electron chi connectivity index (χ3n) is 7.31. The second-order valence-electron chi connectivity index (χ2n) is 10.2. The molecule has 2 saturated heterocycles. The third kappa shape index (κ3) is 5.55. The minimum Gasteiger partial charge on any atom is -0.508 e. The van der Waals surface area contributed by atoms with Crippen LogP contribution in [0, 0.1) is 0 Å². The Balaban J connectivity index is 1.47. The Morgan fingerprint density at radius 2 is 1.49 bits per heavy atom. The summed E-state index contributed by atoms with van der Waals surface area (Å²) in [5.74, 6) is -3.19. The van der Waals surface area contributed by atoms with Crippen LogP contribution in [0.3, 0.4) is 0 Å². The van der Waals surface area contributed by atoms with Gasteiger partial charge in [-0.25, -0.2) is 0 Å². The first-order valence-electron chi connectivity index (χ1n) is 13.0. The van der Waals surface area contributed by atoms with E-state index in [1.165, 1.54) is 13.0 Å². The summed E-state index contributed by atoms with van der Waals surface area (Å²) in [7, 11) is 0. The van der Waals surface area contributed by atoms with Crippen molar-refractivity contribution >= 4 is 11.0 Å². The topological polar surface area (TPSA) is 269 Å². The fraction of sp³-hybridized carbons (Fsp3) is 0.444. The first-order chi connectivity index (χ1) is 20.3. The lowest BCUT2D eigenvalue weighted by atomic mass is 9.97. The maximum atomic E-state index is 13.6. The number of hydrogen-bond donors (Lipinski definition) is 10. The summed E-state index contributed by atoms with van der Waals surface area (Å²) in [6.45, 7) is 0.657. The number of rotatable bonds is 6. The molecule has 0 aliphatic carbocycles. The molecule has 234 valence electrons. The van der Waals surface area contributed by atoms with E-state index in [-0.39, 0.29) is 16.9 Å². The van der Waals surface area contributed by atoms with Crippen molar-refractivity contribution in [3.63, 3.8) is 0 Å². The van der Waals surface area contributed by atoms with Crippen LogP contribution in [0.4, 0.5) is 0 Å². The molecule has 2 aliphatic rings. The summed E-state index contributed by atoms with van der Waals surface area (Å²) in [5.41, 5.74) is -1.27. The minimum atomic E-state index is -1.93. The Hall–Kier alpha value is -3.71. The molecule has 43 heavy (non-hydrogen) atoms. The number of ether oxygens (including phenoxy) is 4. The van der Waals surface area contributed by atoms with Crippen molar-refractivity contribution in [1.82, 2.24) is 0 Å². The maximum absolute atomic E-state index is 13.6. The summed E-state index contributed by atoms with van der Waals surface area (Å²) >= 11 is 0. The molecule has 0 spiro atoms. The van der Waals surface area contributed by atoms with Crippen LogP contribution in [-0.2, 0) is 14.2 Å². The van der Waals surface area contributed by atoms with Crippen LogP contribution in [-0.4, -0.2) is 119 Å². The van der Waals surface area contributed by atoms with Crippen molar-refractivity contribution in [2.75, 3.05) is 6.61 Å². The molecule has 0 unspecified atom stereocenters. The molecule has 2 aliphatic heterocycles. The Bertz CT molecular complexity index is 1540. The standard InChI is InChI=1S/C27H30O16/c1-8-23(42-27-21(37)19(35)17(33)15(7-28)41-27)20(36)22(38)26(39-8)43-25-18(34)16-13(32)5-10(29)6-14(16)40-24(25)9-2-3-11(30)12(31)4-9/h2-6,8,15,17,19-23,26-33,35-38H,7H2,1H3/t8-,15-,17-,19+,20+,21-,22-,23+,26+,27-/m1/s1. The van der Waals surface area contributed by atoms with Gasteiger partial charge in [-0.3, -0.25) is 4.79 Å². The number of phenols is 4. The number of hydrogen-bond acceptors (Lipinski definition) is 16. The van der Waals surface area contributed by atoms with Gasteiger partial charge in [0.1, 0.15) is 65.2 Å². The Morgan fingerprint density at radius 1 is 0.791 bits per heavy atom. The number of aliphatic hydroxyl groups is 6. The minimum absolute atomic E-state index is 0.00476. The molecule has 10 N–H and O–H groups in total. The van der Waals surface area contributed by atoms with Gasteiger partial charge in [0.2, 0.25) is 17.5 Å². The summed E-state index contributed by atoms with van der Waals surface area (Å²) in [6.07, 6.45) is -16.3. The Labute approximate surface area is 241 Å². The Morgan fingerprint density at radius 3 is 2.16 bits per heavy atom. The van der Waals surface area contributed by atoms with Crippen LogP contribution in [0.2, 0.25) is 0 Å². The van der Waals surface area contributed by atoms with Crippen molar-refractivity contribution < 1.29 is 74.4 Å². The zero-order chi connectivity index (χ0) is 31.3. The van der Waals surface area contributed by atoms with E-state index in [1.807, 2.05) is 0 Å². The SMILES string of the molecule is C[C@H]1O[C@@H](Oc2c(-c3ccc(O)c(O)c3)oc3cc(O)cc(O)c3c2=O)[C@H](O)[C@H](O)[C@H]1O[C@H]1O[C@H](CO)[C@@H](O)[C@H](O)[C@H]1O. The van der Waals surface area contributed by atoms with Gasteiger partial charge in [-0.05, 0) is 25.1 Å². The van der Waals surface area contributed by atoms with E-state index in [0.717, 1.165) is 24.3 Å². The van der Waals surface area contributed by atoms with Crippen LogP contribution in [0.1, 0.15) is 6.92 Å². The number of fused-ring (bicyclic) bond motifs is 1. The smallest absolute Gasteiger partial charge is 0.239 e. The zero-order valence-electron chi connectivity index (χ0n) is 22.3. The van der Waals surface area contributed by atoms with Gasteiger partial charge < -0.3 is 74.4 Å². The van der Waals surface area contributed by atoms with Crippen molar-refractivity contribution in [3.05, 3.63) is 40.6 Å². The van der Waals surface area contributed by atoms with Crippen molar-refractivity contribution in [1.29, 1.82) is 0 Å². The summed E-state index contributed by atoms with van der Waals surface area (Å²) in [5, 5.41) is 101. The number of aliphatic hydroxyl groups excluding tert-OH is 6. The van der Waals surface area contributed by atoms with Crippen LogP contribution in [0.15, 0.2) is 39.5 Å². The van der Waals surface area contributed by atoms with Gasteiger partial charge in [0, 0.05) is 17.7 Å². The molecule has 16 nitrogen and oxygen atoms in total. The van der Waals surface area contributed by atoms with Gasteiger partial charge in [0.15, 0.2) is 23.5 Å². The molecule has 3 heterocycles. The molecule has 0 radical (unpaired) electrons. The predicted octanol–water partition coefficient (Wildman–Crippen LogP) is -1.69. The van der Waals surface area contributed by atoms with Crippen LogP contribution in [0.5, 0.6) is 28.7 Å². The highest BCUT2D eigenvalue weighted by Gasteiger charge is 2.50. The van der Waals surface area contributed by atoms with E-state index in [9.17, 15) is 55.9 Å². The quantitative estimate of drug-likeness (QED) is 0.140. The lowest BCUT2D eigenvalue weighted by molar-refractivity contribution is -0.348. The van der Waals surface area contributed by atoms with Gasteiger partial charge in [-0.1, -0.05) is 0 Å². The molecule has 2 fully saturated rings. The molecule has 1 aromatic heterocycles. The molecule has 0 bridgehead atoms. The van der Waals surface area contributed by atoms with Crippen molar-refractivity contribution in [3.8, 4) is 40.1 Å². The highest BCUT2D eigenvalue weighted by Crippen LogP contribution is 2.39. The normalized spacial score (nSPS) is 33.0. The highest BCUT2D eigenvalue weighted by molar-refractivity contribution is 5.88. The first-order valence-corrected chi connectivity index (χ1v) is 13.0. The lowest BCUT2D eigenvalue weighted by Gasteiger charge is -2.45. The van der Waals surface area contributed by atoms with E-state index in [2.05, 4.69) is 0 Å². The second-order valence-corrected chi connectivity index (χ2v) is 10.2. The molecule has 16 heteroatoms. The summed E-state index contributed by atoms with van der Waals surface area (Å²) in [6, 6.07) is 5.32. The van der Waals surface area contributed by atoms with E-state index < -0.39 is 108 Å². The van der Waals surface area contributed by atoms with Crippen LogP contribution in [0.25, 0.3) is 22.3 Å². The molecule has 0 saturated carbocycles. The Kier molecular flexibility index (Phi) is 8.41. The van der Waals surface area contributed by atoms with E-state index in [1.54, 1.807) is 0 Å². The molecule has 3 aromatic rings. The van der Waals surface area contributed by atoms with Crippen LogP contribution >= 0.6 is 0 Å². The average Bonchev–Trinajstić information content (AvgIpc) is 2.96. The van der Waals surface area contributed by atoms with Crippen LogP contribution < -0.4 is 10.2 Å². The summed E-state index contributed by atoms with van der Waals surface area (Å²) < 4.78 is 28.0. The number of aromatic hydroxyl groups is 4. The van der Waals surface area contributed by atoms with Gasteiger partial charge in [-0.2, -0.15) is 0 Å². The van der Waals surface area contributed by atoms with Gasteiger partial charge >= 0.3 is 0 Å². The first kappa shape index (κ1) is 30.7.